The predicted molar refractivity (Wildman–Crippen MR) is 172 cm³/mol. The second-order valence-electron chi connectivity index (χ2n) is 11.0. The van der Waals surface area contributed by atoms with Crippen LogP contribution in [-0.4, -0.2) is 68.5 Å². The largest absolute Gasteiger partial charge is 0.355 e. The van der Waals surface area contributed by atoms with E-state index in [1.807, 2.05) is 41.3 Å². The number of benzene rings is 2. The molecule has 1 fully saturated rings. The zero-order valence-electron chi connectivity index (χ0n) is 24.4. The zero-order chi connectivity index (χ0) is 31.0. The molecule has 44 heavy (non-hydrogen) atoms. The fraction of sp³-hybridized carbons (Fsp3) is 0.281. The quantitative estimate of drug-likeness (QED) is 0.325. The molecule has 1 saturated heterocycles. The summed E-state index contributed by atoms with van der Waals surface area (Å²) in [6, 6.07) is 19.4. The van der Waals surface area contributed by atoms with E-state index in [-0.39, 0.29) is 17.5 Å². The number of aryl methyl sites for hydroxylation is 1. The van der Waals surface area contributed by atoms with E-state index >= 15 is 0 Å². The van der Waals surface area contributed by atoms with Gasteiger partial charge in [-0.05, 0) is 61.2 Å². The lowest BCUT2D eigenvalue weighted by Gasteiger charge is -2.25. The number of nitrogens with one attached hydrogen (secondary N) is 1. The predicted octanol–water partition coefficient (Wildman–Crippen LogP) is 5.18. The van der Waals surface area contributed by atoms with Gasteiger partial charge in [0.05, 0.1) is 22.5 Å². The molecule has 0 saturated carbocycles. The van der Waals surface area contributed by atoms with Crippen molar-refractivity contribution in [2.45, 2.75) is 19.8 Å². The molecule has 12 heteroatoms. The fourth-order valence-electron chi connectivity index (χ4n) is 5.70. The van der Waals surface area contributed by atoms with E-state index in [9.17, 15) is 22.4 Å². The summed E-state index contributed by atoms with van der Waals surface area (Å²) in [6.45, 7) is 4.06. The van der Waals surface area contributed by atoms with E-state index < -0.39 is 15.8 Å². The van der Waals surface area contributed by atoms with Gasteiger partial charge in [0.15, 0.2) is 0 Å². The maximum atomic E-state index is 14.4. The first-order valence-corrected chi connectivity index (χ1v) is 17.0. The lowest BCUT2D eigenvalue weighted by atomic mass is 10.1. The summed E-state index contributed by atoms with van der Waals surface area (Å²) in [5.41, 5.74) is 3.60. The van der Waals surface area contributed by atoms with Crippen molar-refractivity contribution in [3.05, 3.63) is 94.2 Å². The molecule has 0 bridgehead atoms. The van der Waals surface area contributed by atoms with E-state index in [1.54, 1.807) is 36.1 Å². The standard InChI is InChI=1S/C32H32FN5O4S2/c1-21-8-5-10-24(33)29(21)35-31(39)27-20-22-14-17-38(26-12-4-3-9-23(26)30(22)43-27)32(40)25-11-6-13-28(34-25)36-15-7-16-37(19-18-36)44(2,41)42/h3-6,8-13,20H,7,14-19H2,1-2H3,(H,35,39). The number of carbonyl (C=O) groups is 2. The zero-order valence-corrected chi connectivity index (χ0v) is 26.0. The number of carbonyl (C=O) groups excluding carboxylic acids is 2. The highest BCUT2D eigenvalue weighted by Gasteiger charge is 2.29. The Hall–Kier alpha value is -4.13. The Morgan fingerprint density at radius 2 is 1.75 bits per heavy atom. The number of pyridine rings is 1. The highest BCUT2D eigenvalue weighted by Crippen LogP contribution is 2.42. The van der Waals surface area contributed by atoms with Gasteiger partial charge in [0.1, 0.15) is 17.3 Å². The number of anilines is 3. The number of fused-ring (bicyclic) bond motifs is 3. The van der Waals surface area contributed by atoms with Crippen molar-refractivity contribution in [3.63, 3.8) is 0 Å². The van der Waals surface area contributed by atoms with Gasteiger partial charge in [-0.2, -0.15) is 0 Å². The number of para-hydroxylation sites is 2. The average Bonchev–Trinajstić information content (AvgIpc) is 3.17. The molecule has 2 aliphatic heterocycles. The Morgan fingerprint density at radius 3 is 2.55 bits per heavy atom. The first kappa shape index (κ1) is 29.9. The highest BCUT2D eigenvalue weighted by molar-refractivity contribution is 7.88. The van der Waals surface area contributed by atoms with E-state index in [1.165, 1.54) is 28.0 Å². The Morgan fingerprint density at radius 1 is 0.955 bits per heavy atom. The highest BCUT2D eigenvalue weighted by atomic mass is 32.2. The summed E-state index contributed by atoms with van der Waals surface area (Å²) < 4.78 is 40.0. The molecule has 9 nitrogen and oxygen atoms in total. The van der Waals surface area contributed by atoms with Crippen LogP contribution in [-0.2, 0) is 16.4 Å². The van der Waals surface area contributed by atoms with Gasteiger partial charge in [-0.25, -0.2) is 22.1 Å². The molecule has 228 valence electrons. The number of amides is 2. The summed E-state index contributed by atoms with van der Waals surface area (Å²) in [6.07, 6.45) is 2.40. The Balaban J connectivity index is 1.25. The number of hydrogen-bond acceptors (Lipinski definition) is 7. The molecule has 6 rings (SSSR count). The molecular weight excluding hydrogens is 602 g/mol. The minimum Gasteiger partial charge on any atom is -0.355 e. The van der Waals surface area contributed by atoms with Gasteiger partial charge >= 0.3 is 0 Å². The van der Waals surface area contributed by atoms with Gasteiger partial charge in [-0.15, -0.1) is 11.3 Å². The molecule has 4 aromatic rings. The monoisotopic (exact) mass is 633 g/mol. The summed E-state index contributed by atoms with van der Waals surface area (Å²) in [5.74, 6) is -0.472. The summed E-state index contributed by atoms with van der Waals surface area (Å²) >= 11 is 1.32. The summed E-state index contributed by atoms with van der Waals surface area (Å²) in [7, 11) is -3.28. The van der Waals surface area contributed by atoms with Gasteiger partial charge in [0.25, 0.3) is 11.8 Å². The number of aromatic nitrogens is 1. The fourth-order valence-corrected chi connectivity index (χ4v) is 7.71. The normalized spacial score (nSPS) is 15.6. The van der Waals surface area contributed by atoms with Crippen LogP contribution >= 0.6 is 11.3 Å². The van der Waals surface area contributed by atoms with Crippen LogP contribution in [0, 0.1) is 12.7 Å². The van der Waals surface area contributed by atoms with Gasteiger partial charge < -0.3 is 15.1 Å². The van der Waals surface area contributed by atoms with Gasteiger partial charge in [-0.3, -0.25) is 9.59 Å². The Bertz CT molecular complexity index is 1840. The number of rotatable bonds is 5. The van der Waals surface area contributed by atoms with Crippen LogP contribution in [0.1, 0.15) is 37.7 Å². The molecule has 0 unspecified atom stereocenters. The van der Waals surface area contributed by atoms with Crippen LogP contribution in [0.4, 0.5) is 21.6 Å². The number of halogens is 1. The van der Waals surface area contributed by atoms with Crippen LogP contribution in [0.2, 0.25) is 0 Å². The second kappa shape index (κ2) is 12.1. The minimum atomic E-state index is -3.28. The maximum Gasteiger partial charge on any atom is 0.276 e. The molecule has 2 aromatic heterocycles. The smallest absolute Gasteiger partial charge is 0.276 e. The number of sulfonamides is 1. The first-order valence-electron chi connectivity index (χ1n) is 14.4. The summed E-state index contributed by atoms with van der Waals surface area (Å²) in [4.78, 5) is 37.0. The van der Waals surface area contributed by atoms with E-state index in [4.69, 9.17) is 4.98 Å². The molecule has 2 amide bonds. The topological polar surface area (TPSA) is 103 Å². The SMILES string of the molecule is Cc1cccc(F)c1NC(=O)c1cc2c(s1)-c1ccccc1N(C(=O)c1cccc(N3CCCN(S(C)(=O)=O)CC3)n1)CC2. The van der Waals surface area contributed by atoms with Gasteiger partial charge in [-0.1, -0.05) is 36.4 Å². The molecule has 4 heterocycles. The van der Waals surface area contributed by atoms with Crippen molar-refractivity contribution in [2.24, 2.45) is 0 Å². The first-order chi connectivity index (χ1) is 21.1. The Kier molecular flexibility index (Phi) is 8.23. The molecule has 1 N–H and O–H groups in total. The van der Waals surface area contributed by atoms with Crippen LogP contribution in [0.15, 0.2) is 66.7 Å². The van der Waals surface area contributed by atoms with Crippen molar-refractivity contribution in [1.29, 1.82) is 0 Å². The van der Waals surface area contributed by atoms with Gasteiger partial charge in [0.2, 0.25) is 10.0 Å². The Labute approximate surface area is 260 Å². The van der Waals surface area contributed by atoms with Crippen molar-refractivity contribution < 1.29 is 22.4 Å². The third kappa shape index (κ3) is 5.97. The lowest BCUT2D eigenvalue weighted by molar-refractivity contribution is 0.0981. The molecule has 0 aliphatic carbocycles. The number of thiophene rings is 1. The van der Waals surface area contributed by atoms with Crippen molar-refractivity contribution in [1.82, 2.24) is 9.29 Å². The average molecular weight is 634 g/mol. The van der Waals surface area contributed by atoms with Gasteiger partial charge in [0, 0.05) is 43.2 Å². The van der Waals surface area contributed by atoms with Crippen molar-refractivity contribution >= 4 is 50.4 Å². The van der Waals surface area contributed by atoms with E-state index in [0.29, 0.717) is 67.5 Å². The minimum absolute atomic E-state index is 0.167. The van der Waals surface area contributed by atoms with E-state index in [0.717, 1.165) is 21.7 Å². The summed E-state index contributed by atoms with van der Waals surface area (Å²) in [5, 5.41) is 2.73. The molecule has 2 aliphatic rings. The third-order valence-corrected chi connectivity index (χ3v) is 10.5. The van der Waals surface area contributed by atoms with Crippen LogP contribution < -0.4 is 15.1 Å². The molecule has 0 radical (unpaired) electrons. The van der Waals surface area contributed by atoms with Crippen LogP contribution in [0.5, 0.6) is 0 Å². The number of nitrogens with zero attached hydrogens (tertiary/aromatic N) is 4. The molecule has 0 atom stereocenters. The molecule has 2 aromatic carbocycles. The van der Waals surface area contributed by atoms with E-state index in [2.05, 4.69) is 5.32 Å². The van der Waals surface area contributed by atoms with Crippen molar-refractivity contribution in [2.75, 3.05) is 54.1 Å². The number of hydrogen-bond donors (Lipinski definition) is 1. The van der Waals surface area contributed by atoms with Crippen LogP contribution in [0.3, 0.4) is 0 Å². The van der Waals surface area contributed by atoms with Crippen molar-refractivity contribution in [3.8, 4) is 10.4 Å². The maximum absolute atomic E-state index is 14.4. The van der Waals surface area contributed by atoms with Crippen LogP contribution in [0.25, 0.3) is 10.4 Å². The second-order valence-corrected chi connectivity index (χ2v) is 14.0. The molecular formula is C32H32FN5O4S2. The third-order valence-electron chi connectivity index (χ3n) is 7.98. The molecule has 0 spiro atoms. The lowest BCUT2D eigenvalue weighted by Crippen LogP contribution is -2.35.